The van der Waals surface area contributed by atoms with Crippen LogP contribution in [0.15, 0.2) is 30.3 Å². The summed E-state index contributed by atoms with van der Waals surface area (Å²) in [6.45, 7) is 0.262. The molecule has 1 aliphatic heterocycles. The van der Waals surface area contributed by atoms with Gasteiger partial charge in [0.1, 0.15) is 12.6 Å². The molecular weight excluding hydrogens is 266 g/mol. The van der Waals surface area contributed by atoms with E-state index in [9.17, 15) is 9.59 Å². The van der Waals surface area contributed by atoms with Crippen molar-refractivity contribution >= 4 is 12.0 Å². The third kappa shape index (κ3) is 3.09. The third-order valence-corrected chi connectivity index (χ3v) is 4.57. The molecule has 2 fully saturated rings. The fraction of sp³-hybridized carbons (Fsp3) is 0.529. The van der Waals surface area contributed by atoms with Crippen LogP contribution >= 0.6 is 0 Å². The zero-order chi connectivity index (χ0) is 14.7. The second kappa shape index (κ2) is 6.29. The molecule has 1 unspecified atom stereocenters. The average molecular weight is 287 g/mol. The molecule has 0 bridgehead atoms. The van der Waals surface area contributed by atoms with Gasteiger partial charge in [0.25, 0.3) is 0 Å². The minimum Gasteiger partial charge on any atom is -0.446 e. The lowest BCUT2D eigenvalue weighted by molar-refractivity contribution is -0.129. The summed E-state index contributed by atoms with van der Waals surface area (Å²) in [7, 11) is 0. The number of ether oxygens (including phenoxy) is 1. The summed E-state index contributed by atoms with van der Waals surface area (Å²) in [4.78, 5) is 25.6. The zero-order valence-electron chi connectivity index (χ0n) is 12.2. The topological polar surface area (TPSA) is 46.6 Å². The molecule has 0 spiro atoms. The van der Waals surface area contributed by atoms with Crippen molar-refractivity contribution in [3.63, 3.8) is 0 Å². The first-order chi connectivity index (χ1) is 10.3. The molecule has 1 aliphatic carbocycles. The summed E-state index contributed by atoms with van der Waals surface area (Å²) in [5.74, 6) is 0.556. The summed E-state index contributed by atoms with van der Waals surface area (Å²) in [6, 6.07) is 9.36. The molecule has 1 saturated heterocycles. The minimum atomic E-state index is -0.500. The average Bonchev–Trinajstić information content (AvgIpc) is 3.15. The largest absolute Gasteiger partial charge is 0.446 e. The molecule has 0 aromatic heterocycles. The quantitative estimate of drug-likeness (QED) is 0.848. The van der Waals surface area contributed by atoms with E-state index in [2.05, 4.69) is 0 Å². The number of rotatable bonds is 4. The standard InChI is InChI=1S/C17H21NO3/c19-16(11-10-13-6-4-5-7-13)18-15(12-21-17(18)20)14-8-2-1-3-9-14/h1-3,8-9,13,15H,4-7,10-12H2. The summed E-state index contributed by atoms with van der Waals surface area (Å²) in [5, 5.41) is 0. The van der Waals surface area contributed by atoms with Gasteiger partial charge in [-0.15, -0.1) is 0 Å². The van der Waals surface area contributed by atoms with Gasteiger partial charge in [-0.3, -0.25) is 4.79 Å². The summed E-state index contributed by atoms with van der Waals surface area (Å²) >= 11 is 0. The van der Waals surface area contributed by atoms with Crippen molar-refractivity contribution in [2.75, 3.05) is 6.61 Å². The van der Waals surface area contributed by atoms with Crippen LogP contribution in [0.2, 0.25) is 0 Å². The fourth-order valence-corrected chi connectivity index (χ4v) is 3.36. The van der Waals surface area contributed by atoms with E-state index in [0.29, 0.717) is 12.3 Å². The Kier molecular flexibility index (Phi) is 4.23. The first-order valence-electron chi connectivity index (χ1n) is 7.79. The van der Waals surface area contributed by atoms with Gasteiger partial charge in [-0.05, 0) is 17.9 Å². The lowest BCUT2D eigenvalue weighted by Crippen LogP contribution is -2.34. The van der Waals surface area contributed by atoms with Gasteiger partial charge in [0.15, 0.2) is 0 Å². The van der Waals surface area contributed by atoms with E-state index in [1.54, 1.807) is 0 Å². The van der Waals surface area contributed by atoms with Gasteiger partial charge >= 0.3 is 6.09 Å². The van der Waals surface area contributed by atoms with Crippen LogP contribution in [0.25, 0.3) is 0 Å². The highest BCUT2D eigenvalue weighted by Crippen LogP contribution is 2.31. The monoisotopic (exact) mass is 287 g/mol. The normalized spacial score (nSPS) is 22.6. The molecule has 1 heterocycles. The van der Waals surface area contributed by atoms with E-state index in [4.69, 9.17) is 4.74 Å². The summed E-state index contributed by atoms with van der Waals surface area (Å²) in [6.07, 6.45) is 5.83. The minimum absolute atomic E-state index is 0.0988. The Morgan fingerprint density at radius 3 is 2.62 bits per heavy atom. The molecule has 0 radical (unpaired) electrons. The molecule has 3 rings (SSSR count). The van der Waals surface area contributed by atoms with E-state index in [0.717, 1.165) is 12.0 Å². The van der Waals surface area contributed by atoms with E-state index < -0.39 is 6.09 Å². The Bertz CT molecular complexity index is 508. The highest BCUT2D eigenvalue weighted by molar-refractivity contribution is 5.93. The lowest BCUT2D eigenvalue weighted by Gasteiger charge is -2.20. The van der Waals surface area contributed by atoms with Gasteiger partial charge in [0.2, 0.25) is 5.91 Å². The number of benzene rings is 1. The van der Waals surface area contributed by atoms with Crippen molar-refractivity contribution < 1.29 is 14.3 Å². The van der Waals surface area contributed by atoms with Gasteiger partial charge < -0.3 is 4.74 Å². The third-order valence-electron chi connectivity index (χ3n) is 4.57. The predicted molar refractivity (Wildman–Crippen MR) is 78.6 cm³/mol. The van der Waals surface area contributed by atoms with Crippen molar-refractivity contribution in [3.05, 3.63) is 35.9 Å². The predicted octanol–water partition coefficient (Wildman–Crippen LogP) is 3.68. The zero-order valence-corrected chi connectivity index (χ0v) is 12.2. The Morgan fingerprint density at radius 1 is 1.19 bits per heavy atom. The highest BCUT2D eigenvalue weighted by Gasteiger charge is 2.38. The van der Waals surface area contributed by atoms with Crippen LogP contribution in [0.4, 0.5) is 4.79 Å². The Balaban J connectivity index is 1.65. The van der Waals surface area contributed by atoms with Crippen LogP contribution in [0.1, 0.15) is 50.1 Å². The first kappa shape index (κ1) is 14.1. The van der Waals surface area contributed by atoms with Gasteiger partial charge in [0, 0.05) is 6.42 Å². The van der Waals surface area contributed by atoms with Crippen LogP contribution in [0.3, 0.4) is 0 Å². The number of hydrogen-bond donors (Lipinski definition) is 0. The Morgan fingerprint density at radius 2 is 1.90 bits per heavy atom. The van der Waals surface area contributed by atoms with E-state index in [-0.39, 0.29) is 18.6 Å². The second-order valence-corrected chi connectivity index (χ2v) is 5.96. The number of imide groups is 1. The van der Waals surface area contributed by atoms with E-state index in [1.165, 1.54) is 30.6 Å². The Hall–Kier alpha value is -1.84. The smallest absolute Gasteiger partial charge is 0.417 e. The van der Waals surface area contributed by atoms with Crippen molar-refractivity contribution in [3.8, 4) is 0 Å². The molecular formula is C17H21NO3. The Labute approximate surface area is 125 Å². The maximum absolute atomic E-state index is 12.4. The first-order valence-corrected chi connectivity index (χ1v) is 7.79. The van der Waals surface area contributed by atoms with Gasteiger partial charge in [-0.2, -0.15) is 0 Å². The van der Waals surface area contributed by atoms with Crippen LogP contribution in [0.5, 0.6) is 0 Å². The molecule has 1 aromatic rings. The van der Waals surface area contributed by atoms with Crippen LogP contribution < -0.4 is 0 Å². The molecule has 2 amide bonds. The van der Waals surface area contributed by atoms with Crippen molar-refractivity contribution in [1.29, 1.82) is 0 Å². The van der Waals surface area contributed by atoms with Gasteiger partial charge in [0.05, 0.1) is 0 Å². The van der Waals surface area contributed by atoms with E-state index >= 15 is 0 Å². The second-order valence-electron chi connectivity index (χ2n) is 5.96. The maximum Gasteiger partial charge on any atom is 0.417 e. The molecule has 1 saturated carbocycles. The molecule has 4 nitrogen and oxygen atoms in total. The molecule has 21 heavy (non-hydrogen) atoms. The van der Waals surface area contributed by atoms with Crippen molar-refractivity contribution in [1.82, 2.24) is 4.90 Å². The van der Waals surface area contributed by atoms with Crippen molar-refractivity contribution in [2.24, 2.45) is 5.92 Å². The summed E-state index contributed by atoms with van der Waals surface area (Å²) in [5.41, 5.74) is 0.956. The SMILES string of the molecule is O=C(CCC1CCCC1)N1C(=O)OCC1c1ccccc1. The van der Waals surface area contributed by atoms with Gasteiger partial charge in [-0.1, -0.05) is 56.0 Å². The number of carbonyl (C=O) groups excluding carboxylic acids is 2. The number of hydrogen-bond acceptors (Lipinski definition) is 3. The number of nitrogens with zero attached hydrogens (tertiary/aromatic N) is 1. The number of cyclic esters (lactones) is 1. The highest BCUT2D eigenvalue weighted by atomic mass is 16.6. The van der Waals surface area contributed by atoms with E-state index in [1.807, 2.05) is 30.3 Å². The lowest BCUT2D eigenvalue weighted by atomic mass is 10.0. The molecule has 2 aliphatic rings. The van der Waals surface area contributed by atoms with Crippen LogP contribution in [-0.4, -0.2) is 23.5 Å². The van der Waals surface area contributed by atoms with Crippen LogP contribution in [0, 0.1) is 5.92 Å². The molecule has 1 aromatic carbocycles. The van der Waals surface area contributed by atoms with Gasteiger partial charge in [-0.25, -0.2) is 9.69 Å². The fourth-order valence-electron chi connectivity index (χ4n) is 3.36. The van der Waals surface area contributed by atoms with Crippen molar-refractivity contribution in [2.45, 2.75) is 44.6 Å². The number of amides is 2. The molecule has 4 heteroatoms. The molecule has 112 valence electrons. The summed E-state index contributed by atoms with van der Waals surface area (Å²) < 4.78 is 5.09. The van der Waals surface area contributed by atoms with Crippen LogP contribution in [-0.2, 0) is 9.53 Å². The molecule has 0 N–H and O–H groups in total. The molecule has 1 atom stereocenters. The maximum atomic E-state index is 12.4. The number of carbonyl (C=O) groups is 2.